The summed E-state index contributed by atoms with van der Waals surface area (Å²) in [6.07, 6.45) is -0.928. The Morgan fingerprint density at radius 3 is 2.24 bits per heavy atom. The topological polar surface area (TPSA) is 189 Å². The number of aliphatic carboxylic acids is 2. The summed E-state index contributed by atoms with van der Waals surface area (Å²) in [4.78, 5) is 76.3. The molecular weight excluding hydrogens is 606 g/mol. The van der Waals surface area contributed by atoms with Gasteiger partial charge in [-0.1, -0.05) is 60.7 Å². The zero-order valence-electron chi connectivity index (χ0n) is 24.7. The molecule has 2 aromatic rings. The molecule has 0 spiro atoms. The Hall–Kier alpha value is -4.59. The van der Waals surface area contributed by atoms with Gasteiger partial charge in [-0.2, -0.15) is 0 Å². The number of carboxylic acids is 2. The number of carbonyl (C=O) groups is 6. The molecule has 2 aliphatic heterocycles. The maximum Gasteiger partial charge on any atom is 0.408 e. The molecule has 0 bridgehead atoms. The van der Waals surface area contributed by atoms with Gasteiger partial charge >= 0.3 is 24.0 Å². The van der Waals surface area contributed by atoms with Crippen LogP contribution in [-0.2, 0) is 40.1 Å². The highest BCUT2D eigenvalue weighted by Crippen LogP contribution is 2.51. The van der Waals surface area contributed by atoms with Crippen molar-refractivity contribution < 1.29 is 48.5 Å². The monoisotopic (exact) mass is 641 g/mol. The molecule has 2 fully saturated rings. The normalized spacial score (nSPS) is 21.0. The predicted octanol–water partition coefficient (Wildman–Crippen LogP) is 2.70. The van der Waals surface area contributed by atoms with Gasteiger partial charge in [-0.15, -0.1) is 11.8 Å². The van der Waals surface area contributed by atoms with Crippen molar-refractivity contribution in [1.82, 2.24) is 15.5 Å². The molecule has 0 saturated carbocycles. The average molecular weight is 642 g/mol. The van der Waals surface area contributed by atoms with Crippen LogP contribution in [-0.4, -0.2) is 79.7 Å². The molecule has 14 heteroatoms. The number of carboxylic acid groups (broad SMARTS) is 2. The van der Waals surface area contributed by atoms with Crippen molar-refractivity contribution in [2.24, 2.45) is 5.92 Å². The molecule has 45 heavy (non-hydrogen) atoms. The van der Waals surface area contributed by atoms with Gasteiger partial charge in [-0.25, -0.2) is 9.59 Å². The third-order valence-corrected chi connectivity index (χ3v) is 9.12. The summed E-state index contributed by atoms with van der Waals surface area (Å²) < 4.78 is 9.79. The largest absolute Gasteiger partial charge is 0.481 e. The fourth-order valence-corrected chi connectivity index (χ4v) is 6.85. The van der Waals surface area contributed by atoms with Crippen molar-refractivity contribution in [2.45, 2.75) is 68.0 Å². The number of esters is 1. The molecule has 2 saturated heterocycles. The van der Waals surface area contributed by atoms with Crippen LogP contribution >= 0.6 is 11.8 Å². The van der Waals surface area contributed by atoms with Gasteiger partial charge in [0.25, 0.3) is 0 Å². The lowest BCUT2D eigenvalue weighted by Crippen LogP contribution is -2.71. The number of rotatable bonds is 14. The molecule has 240 valence electrons. The Labute approximate surface area is 263 Å². The highest BCUT2D eigenvalue weighted by molar-refractivity contribution is 8.01. The van der Waals surface area contributed by atoms with Crippen LogP contribution in [0, 0.1) is 5.92 Å². The summed E-state index contributed by atoms with van der Waals surface area (Å²) in [5.74, 6) is -5.34. The number of ether oxygens (including phenoxy) is 2. The summed E-state index contributed by atoms with van der Waals surface area (Å²) in [5, 5.41) is 23.0. The van der Waals surface area contributed by atoms with E-state index >= 15 is 0 Å². The molecule has 4 rings (SSSR count). The molecule has 2 aromatic carbocycles. The molecule has 4 N–H and O–H groups in total. The molecule has 5 atom stereocenters. The Morgan fingerprint density at radius 2 is 1.62 bits per heavy atom. The lowest BCUT2D eigenvalue weighted by atomic mass is 9.95. The van der Waals surface area contributed by atoms with Crippen molar-refractivity contribution >= 4 is 47.6 Å². The number of carbonyl (C=O) groups excluding carboxylic acids is 4. The number of alkyl carbamates (subject to hydrolysis) is 1. The number of fused-ring (bicyclic) bond motifs is 1. The van der Waals surface area contributed by atoms with Gasteiger partial charge in [-0.3, -0.25) is 19.2 Å². The highest BCUT2D eigenvalue weighted by atomic mass is 32.2. The van der Waals surface area contributed by atoms with E-state index in [1.54, 1.807) is 68.4 Å². The Balaban J connectivity index is 1.39. The van der Waals surface area contributed by atoms with Gasteiger partial charge in [-0.05, 0) is 37.8 Å². The van der Waals surface area contributed by atoms with Crippen LogP contribution in [0.1, 0.15) is 50.3 Å². The molecule has 0 aromatic heterocycles. The van der Waals surface area contributed by atoms with Crippen LogP contribution in [0.5, 0.6) is 0 Å². The maximum absolute atomic E-state index is 13.5. The van der Waals surface area contributed by atoms with Gasteiger partial charge in [0, 0.05) is 11.2 Å². The number of β-lactam (4-membered cyclic amide) rings is 1. The first kappa shape index (κ1) is 33.3. The second-order valence-electron chi connectivity index (χ2n) is 11.2. The first-order valence-corrected chi connectivity index (χ1v) is 15.2. The minimum Gasteiger partial charge on any atom is -0.481 e. The van der Waals surface area contributed by atoms with Gasteiger partial charge in [0.05, 0.1) is 5.92 Å². The third kappa shape index (κ3) is 8.12. The Kier molecular flexibility index (Phi) is 10.7. The summed E-state index contributed by atoms with van der Waals surface area (Å²) >= 11 is 1.29. The second kappa shape index (κ2) is 14.5. The summed E-state index contributed by atoms with van der Waals surface area (Å²) in [5.41, 5.74) is 1.23. The van der Waals surface area contributed by atoms with E-state index in [-0.39, 0.29) is 25.9 Å². The van der Waals surface area contributed by atoms with Crippen molar-refractivity contribution in [2.75, 3.05) is 6.61 Å². The standard InChI is InChI=1S/C31H35N3O10S/c1-31(2)24(29(41)43-17-20(28(39)40)14-9-15-21(35)36)34-26(38)23(27(34)45-31)32-25(37)22(19-12-7-4-8-13-19)33-30(42)44-16-18-10-5-3-6-11-18/h3-8,10-13,20,22-24,27H,9,14-17H2,1-2H3,(H,32,37)(H,33,42)(H,35,36)(H,39,40)/t20?,22?,23-,24+,27-/m1/s1. The second-order valence-corrected chi connectivity index (χ2v) is 13.0. The van der Waals surface area contributed by atoms with Gasteiger partial charge in [0.15, 0.2) is 0 Å². The lowest BCUT2D eigenvalue weighted by Gasteiger charge is -2.44. The zero-order chi connectivity index (χ0) is 32.7. The molecule has 2 unspecified atom stereocenters. The summed E-state index contributed by atoms with van der Waals surface area (Å²) in [6.45, 7) is 3.01. The quantitative estimate of drug-likeness (QED) is 0.175. The molecular formula is C31H35N3O10S. The number of benzene rings is 2. The number of thioether (sulfide) groups is 1. The number of amides is 3. The molecule has 0 aliphatic carbocycles. The van der Waals surface area contributed by atoms with Crippen molar-refractivity contribution in [1.29, 1.82) is 0 Å². The molecule has 3 amide bonds. The average Bonchev–Trinajstić information content (AvgIpc) is 3.27. The van der Waals surface area contributed by atoms with E-state index < -0.39 is 76.6 Å². The summed E-state index contributed by atoms with van der Waals surface area (Å²) in [6, 6.07) is 14.3. The predicted molar refractivity (Wildman–Crippen MR) is 161 cm³/mol. The smallest absolute Gasteiger partial charge is 0.408 e. The first-order chi connectivity index (χ1) is 21.4. The van der Waals surface area contributed by atoms with E-state index in [1.807, 2.05) is 6.07 Å². The molecule has 2 aliphatic rings. The Bertz CT molecular complexity index is 1420. The number of nitrogens with one attached hydrogen (secondary N) is 2. The van der Waals surface area contributed by atoms with E-state index in [0.717, 1.165) is 5.56 Å². The van der Waals surface area contributed by atoms with Crippen LogP contribution in [0.3, 0.4) is 0 Å². The van der Waals surface area contributed by atoms with Crippen LogP contribution in [0.4, 0.5) is 4.79 Å². The highest BCUT2D eigenvalue weighted by Gasteiger charge is 2.64. The van der Waals surface area contributed by atoms with Crippen LogP contribution in [0.25, 0.3) is 0 Å². The van der Waals surface area contributed by atoms with Gasteiger partial charge in [0.2, 0.25) is 11.8 Å². The Morgan fingerprint density at radius 1 is 0.978 bits per heavy atom. The van der Waals surface area contributed by atoms with Crippen molar-refractivity contribution in [3.05, 3.63) is 71.8 Å². The number of hydrogen-bond donors (Lipinski definition) is 4. The van der Waals surface area contributed by atoms with Gasteiger partial charge in [0.1, 0.15) is 36.7 Å². The maximum atomic E-state index is 13.5. The fraction of sp³-hybridized carbons (Fsp3) is 0.419. The minimum absolute atomic E-state index is 0.00724. The van der Waals surface area contributed by atoms with E-state index in [9.17, 15) is 33.9 Å². The van der Waals surface area contributed by atoms with E-state index in [2.05, 4.69) is 10.6 Å². The lowest BCUT2D eigenvalue weighted by molar-refractivity contribution is -0.166. The minimum atomic E-state index is -1.22. The fourth-order valence-electron chi connectivity index (χ4n) is 5.23. The number of hydrogen-bond acceptors (Lipinski definition) is 9. The van der Waals surface area contributed by atoms with Crippen LogP contribution in [0.15, 0.2) is 60.7 Å². The van der Waals surface area contributed by atoms with Crippen molar-refractivity contribution in [3.8, 4) is 0 Å². The van der Waals surface area contributed by atoms with Crippen LogP contribution in [0.2, 0.25) is 0 Å². The van der Waals surface area contributed by atoms with E-state index in [1.165, 1.54) is 16.7 Å². The van der Waals surface area contributed by atoms with E-state index in [0.29, 0.717) is 5.56 Å². The first-order valence-electron chi connectivity index (χ1n) is 14.3. The zero-order valence-corrected chi connectivity index (χ0v) is 25.5. The summed E-state index contributed by atoms with van der Waals surface area (Å²) in [7, 11) is 0. The number of nitrogens with zero attached hydrogens (tertiary/aromatic N) is 1. The molecule has 13 nitrogen and oxygen atoms in total. The SMILES string of the molecule is CC1(C)S[C@@H]2[C@H](NC(=O)C(NC(=O)OCc3ccccc3)c3ccccc3)C(=O)N2[C@H]1C(=O)OCC(CCCC(=O)O)C(=O)O. The van der Waals surface area contributed by atoms with Crippen LogP contribution < -0.4 is 10.6 Å². The molecule has 0 radical (unpaired) electrons. The van der Waals surface area contributed by atoms with E-state index in [4.69, 9.17) is 14.6 Å². The van der Waals surface area contributed by atoms with Gasteiger partial charge < -0.3 is 35.2 Å². The third-order valence-electron chi connectivity index (χ3n) is 7.55. The molecule has 2 heterocycles. The van der Waals surface area contributed by atoms with Crippen molar-refractivity contribution in [3.63, 3.8) is 0 Å².